The second kappa shape index (κ2) is 12.8. The van der Waals surface area contributed by atoms with Crippen molar-refractivity contribution in [3.63, 3.8) is 0 Å². The van der Waals surface area contributed by atoms with E-state index < -0.39 is 17.3 Å². The number of nitrogens with one attached hydrogen (secondary N) is 1. The Morgan fingerprint density at radius 3 is 2.37 bits per heavy atom. The number of carbonyl (C=O) groups excluding carboxylic acids is 2. The van der Waals surface area contributed by atoms with Gasteiger partial charge >= 0.3 is 6.09 Å². The molecule has 0 unspecified atom stereocenters. The molecule has 0 saturated heterocycles. The second-order valence-corrected chi connectivity index (χ2v) is 12.0. The lowest BCUT2D eigenvalue weighted by Gasteiger charge is -2.30. The van der Waals surface area contributed by atoms with Crippen LogP contribution in [-0.4, -0.2) is 45.4 Å². The number of hydrogen-bond donors (Lipinski definition) is 1. The van der Waals surface area contributed by atoms with Gasteiger partial charge in [-0.1, -0.05) is 41.0 Å². The number of anilines is 2. The van der Waals surface area contributed by atoms with Crippen molar-refractivity contribution >= 4 is 35.4 Å². The van der Waals surface area contributed by atoms with Crippen molar-refractivity contribution in [1.29, 1.82) is 0 Å². The molecule has 1 N–H and O–H groups in total. The number of carbonyl (C=O) groups is 2. The third-order valence-corrected chi connectivity index (χ3v) is 5.82. The molecule has 0 fully saturated rings. The van der Waals surface area contributed by atoms with E-state index in [4.69, 9.17) is 30.4 Å². The highest BCUT2D eigenvalue weighted by Crippen LogP contribution is 2.38. The van der Waals surface area contributed by atoms with Gasteiger partial charge < -0.3 is 14.0 Å². The molecular weight excluding hydrogens is 574 g/mol. The quantitative estimate of drug-likeness (QED) is 0.208. The van der Waals surface area contributed by atoms with Crippen LogP contribution in [-0.2, 0) is 20.8 Å². The fraction of sp³-hybridized carbons (Fsp3) is 0.323. The Morgan fingerprint density at radius 1 is 1.00 bits per heavy atom. The molecule has 0 saturated carbocycles. The predicted molar refractivity (Wildman–Crippen MR) is 163 cm³/mol. The normalized spacial score (nSPS) is 11.6. The summed E-state index contributed by atoms with van der Waals surface area (Å²) in [4.78, 5) is 41.1. The highest BCUT2D eigenvalue weighted by Gasteiger charge is 2.32. The number of nitrogens with zero attached hydrogens (tertiary/aromatic N) is 4. The van der Waals surface area contributed by atoms with E-state index in [0.717, 1.165) is 10.6 Å². The number of ether oxygens (including phenoxy) is 2. The van der Waals surface area contributed by atoms with E-state index in [1.807, 2.05) is 6.07 Å². The fourth-order valence-electron chi connectivity index (χ4n) is 3.88. The van der Waals surface area contributed by atoms with Gasteiger partial charge in [-0.2, -0.15) is 0 Å². The summed E-state index contributed by atoms with van der Waals surface area (Å²) < 4.78 is 16.5. The Labute approximate surface area is 255 Å². The Kier molecular flexibility index (Phi) is 9.37. The maximum absolute atomic E-state index is 13.2. The van der Waals surface area contributed by atoms with Crippen LogP contribution in [0.4, 0.5) is 16.6 Å². The molecule has 226 valence electrons. The molecule has 4 aromatic rings. The van der Waals surface area contributed by atoms with E-state index in [0.29, 0.717) is 33.3 Å². The monoisotopic (exact) mass is 607 g/mol. The lowest BCUT2D eigenvalue weighted by molar-refractivity contribution is -0.115. The van der Waals surface area contributed by atoms with E-state index in [-0.39, 0.29) is 24.2 Å². The molecule has 12 heteroatoms. The smallest absolute Gasteiger partial charge is 0.442 e. The number of hydroxylamine groups is 1. The van der Waals surface area contributed by atoms with Gasteiger partial charge in [0.05, 0.1) is 30.4 Å². The van der Waals surface area contributed by atoms with Crippen molar-refractivity contribution in [2.45, 2.75) is 59.2 Å². The Balaban J connectivity index is 1.76. The second-order valence-electron chi connectivity index (χ2n) is 11.5. The average Bonchev–Trinajstić information content (AvgIpc) is 3.34. The third-order valence-electron chi connectivity index (χ3n) is 5.57. The first-order chi connectivity index (χ1) is 20.2. The number of hydrogen-bond acceptors (Lipinski definition) is 9. The number of halogens is 1. The summed E-state index contributed by atoms with van der Waals surface area (Å²) in [6.45, 7) is 10.6. The Morgan fingerprint density at radius 2 is 1.72 bits per heavy atom. The standard InChI is InChI=1S/C31H34ClN5O6/c1-30(2,3)41-29(39)37(43-31(4,5)6)28-33-16-15-23(34-28)25-26(20-11-13-21(32)14-12-20)36-42-27(25)35-24(38)18-19-9-8-10-22(17-19)40-7/h8-17H,18H2,1-7H3,(H,35,38). The van der Waals surface area contributed by atoms with Crippen LogP contribution in [0.5, 0.6) is 5.75 Å². The minimum Gasteiger partial charge on any atom is -0.497 e. The molecule has 0 aliphatic rings. The summed E-state index contributed by atoms with van der Waals surface area (Å²) in [5.74, 6) is 0.256. The van der Waals surface area contributed by atoms with Crippen LogP contribution < -0.4 is 15.1 Å². The zero-order valence-electron chi connectivity index (χ0n) is 25.1. The first-order valence-electron chi connectivity index (χ1n) is 13.5. The van der Waals surface area contributed by atoms with Gasteiger partial charge in [0.1, 0.15) is 17.0 Å². The average molecular weight is 608 g/mol. The topological polar surface area (TPSA) is 129 Å². The molecule has 0 spiro atoms. The summed E-state index contributed by atoms with van der Waals surface area (Å²) in [5.41, 5.74) is 0.868. The van der Waals surface area contributed by atoms with Crippen LogP contribution in [0.15, 0.2) is 65.3 Å². The summed E-state index contributed by atoms with van der Waals surface area (Å²) in [5, 5.41) is 8.50. The lowest BCUT2D eigenvalue weighted by Crippen LogP contribution is -2.42. The highest BCUT2D eigenvalue weighted by atomic mass is 35.5. The van der Waals surface area contributed by atoms with Crippen molar-refractivity contribution < 1.29 is 28.4 Å². The molecule has 43 heavy (non-hydrogen) atoms. The molecular formula is C31H34ClN5O6. The molecule has 2 heterocycles. The summed E-state index contributed by atoms with van der Waals surface area (Å²) in [7, 11) is 1.56. The van der Waals surface area contributed by atoms with Gasteiger partial charge in [0, 0.05) is 16.8 Å². The number of benzene rings is 2. The first-order valence-corrected chi connectivity index (χ1v) is 13.8. The van der Waals surface area contributed by atoms with E-state index in [9.17, 15) is 9.59 Å². The van der Waals surface area contributed by atoms with Crippen LogP contribution in [0.3, 0.4) is 0 Å². The number of methoxy groups -OCH3 is 1. The minimum atomic E-state index is -0.801. The number of amides is 2. The van der Waals surface area contributed by atoms with Crippen LogP contribution >= 0.6 is 11.6 Å². The number of rotatable bonds is 8. The van der Waals surface area contributed by atoms with Crippen molar-refractivity contribution in [2.24, 2.45) is 0 Å². The predicted octanol–water partition coefficient (Wildman–Crippen LogP) is 7.11. The van der Waals surface area contributed by atoms with E-state index in [2.05, 4.69) is 20.4 Å². The molecule has 0 radical (unpaired) electrons. The van der Waals surface area contributed by atoms with Gasteiger partial charge in [0.15, 0.2) is 0 Å². The zero-order valence-corrected chi connectivity index (χ0v) is 25.9. The molecule has 0 aliphatic carbocycles. The van der Waals surface area contributed by atoms with E-state index >= 15 is 0 Å². The summed E-state index contributed by atoms with van der Waals surface area (Å²) >= 11 is 6.12. The van der Waals surface area contributed by atoms with Crippen molar-refractivity contribution in [3.05, 3.63) is 71.4 Å². The molecule has 0 atom stereocenters. The van der Waals surface area contributed by atoms with Gasteiger partial charge in [-0.25, -0.2) is 14.8 Å². The van der Waals surface area contributed by atoms with Crippen LogP contribution in [0.1, 0.15) is 47.1 Å². The van der Waals surface area contributed by atoms with Crippen LogP contribution in [0.2, 0.25) is 5.02 Å². The lowest BCUT2D eigenvalue weighted by atomic mass is 10.0. The molecule has 2 aromatic carbocycles. The van der Waals surface area contributed by atoms with Gasteiger partial charge in [-0.15, -0.1) is 5.06 Å². The minimum absolute atomic E-state index is 0.0501. The largest absolute Gasteiger partial charge is 0.497 e. The Bertz CT molecular complexity index is 1590. The van der Waals surface area contributed by atoms with Crippen molar-refractivity contribution in [3.8, 4) is 28.3 Å². The fourth-order valence-corrected chi connectivity index (χ4v) is 4.00. The van der Waals surface area contributed by atoms with E-state index in [1.165, 1.54) is 6.20 Å². The van der Waals surface area contributed by atoms with Crippen molar-refractivity contribution in [1.82, 2.24) is 15.1 Å². The zero-order chi connectivity index (χ0) is 31.4. The van der Waals surface area contributed by atoms with Gasteiger partial charge in [0.2, 0.25) is 11.8 Å². The van der Waals surface area contributed by atoms with Gasteiger partial charge in [0.25, 0.3) is 5.95 Å². The molecule has 2 aromatic heterocycles. The van der Waals surface area contributed by atoms with E-state index in [1.54, 1.807) is 97.2 Å². The summed E-state index contributed by atoms with van der Waals surface area (Å²) in [6.07, 6.45) is 0.713. The third kappa shape index (κ3) is 8.52. The van der Waals surface area contributed by atoms with Crippen LogP contribution in [0, 0.1) is 0 Å². The first kappa shape index (κ1) is 31.5. The maximum atomic E-state index is 13.2. The molecule has 0 aliphatic heterocycles. The highest BCUT2D eigenvalue weighted by molar-refractivity contribution is 6.30. The maximum Gasteiger partial charge on any atom is 0.442 e. The SMILES string of the molecule is COc1cccc(CC(=O)Nc2onc(-c3ccc(Cl)cc3)c2-c2ccnc(N(OC(C)(C)C)C(=O)OC(C)(C)C)n2)c1. The molecule has 0 bridgehead atoms. The van der Waals surface area contributed by atoms with Gasteiger partial charge in [-0.05, 0) is 77.4 Å². The molecule has 11 nitrogen and oxygen atoms in total. The summed E-state index contributed by atoms with van der Waals surface area (Å²) in [6, 6.07) is 15.8. The van der Waals surface area contributed by atoms with Crippen LogP contribution in [0.25, 0.3) is 22.5 Å². The Hall–Kier alpha value is -4.48. The van der Waals surface area contributed by atoms with Crippen molar-refractivity contribution in [2.75, 3.05) is 17.5 Å². The molecule has 4 rings (SSSR count). The molecule has 2 amide bonds. The van der Waals surface area contributed by atoms with Gasteiger partial charge in [-0.3, -0.25) is 14.9 Å². The number of aromatic nitrogens is 3.